The standard InChI is InChI=1S/C25H18F4N2O2S/c1-31-23(34-20-9-5-8-18(14-20)25(27,28)29)21(22(30-31)16-6-3-2-4-7-16)15-33-24(32)17-10-12-19(26)13-11-17/h2-14H,15H2,1H3. The van der Waals surface area contributed by atoms with E-state index >= 15 is 0 Å². The zero-order valence-corrected chi connectivity index (χ0v) is 18.7. The van der Waals surface area contributed by atoms with E-state index in [1.165, 1.54) is 18.2 Å². The van der Waals surface area contributed by atoms with Crippen molar-refractivity contribution in [3.63, 3.8) is 0 Å². The van der Waals surface area contributed by atoms with E-state index in [9.17, 15) is 22.4 Å². The predicted octanol–water partition coefficient (Wildman–Crippen LogP) is 6.75. The van der Waals surface area contributed by atoms with E-state index in [1.54, 1.807) is 17.8 Å². The van der Waals surface area contributed by atoms with Crippen LogP contribution in [0.2, 0.25) is 0 Å². The van der Waals surface area contributed by atoms with Crippen LogP contribution in [0.25, 0.3) is 11.3 Å². The molecule has 0 aliphatic heterocycles. The van der Waals surface area contributed by atoms with Crippen molar-refractivity contribution in [3.8, 4) is 11.3 Å². The molecular weight excluding hydrogens is 468 g/mol. The summed E-state index contributed by atoms with van der Waals surface area (Å²) in [5.74, 6) is -1.13. The molecule has 0 saturated heterocycles. The molecule has 1 aromatic heterocycles. The molecule has 0 radical (unpaired) electrons. The molecule has 0 spiro atoms. The van der Waals surface area contributed by atoms with Gasteiger partial charge < -0.3 is 4.74 Å². The van der Waals surface area contributed by atoms with Crippen LogP contribution in [-0.2, 0) is 24.6 Å². The van der Waals surface area contributed by atoms with Gasteiger partial charge >= 0.3 is 12.1 Å². The topological polar surface area (TPSA) is 44.1 Å². The molecule has 9 heteroatoms. The van der Waals surface area contributed by atoms with E-state index in [0.29, 0.717) is 21.2 Å². The molecule has 34 heavy (non-hydrogen) atoms. The average Bonchev–Trinajstić information content (AvgIpc) is 3.13. The average molecular weight is 486 g/mol. The van der Waals surface area contributed by atoms with Crippen LogP contribution in [0, 0.1) is 5.82 Å². The van der Waals surface area contributed by atoms with Gasteiger partial charge in [0.25, 0.3) is 0 Å². The Balaban J connectivity index is 1.68. The SMILES string of the molecule is Cn1nc(-c2ccccc2)c(COC(=O)c2ccc(F)cc2)c1Sc1cccc(C(F)(F)F)c1. The third-order valence-corrected chi connectivity index (χ3v) is 6.13. The van der Waals surface area contributed by atoms with Crippen LogP contribution >= 0.6 is 11.8 Å². The number of benzene rings is 3. The molecule has 0 N–H and O–H groups in total. The monoisotopic (exact) mass is 486 g/mol. The normalized spacial score (nSPS) is 11.4. The highest BCUT2D eigenvalue weighted by atomic mass is 32.2. The number of rotatable bonds is 6. The molecule has 4 nitrogen and oxygen atoms in total. The number of nitrogens with zero attached hydrogens (tertiary/aromatic N) is 2. The van der Waals surface area contributed by atoms with Crippen LogP contribution in [0.15, 0.2) is 88.8 Å². The molecule has 1 heterocycles. The maximum absolute atomic E-state index is 13.2. The summed E-state index contributed by atoms with van der Waals surface area (Å²) >= 11 is 1.10. The van der Waals surface area contributed by atoms with Crippen molar-refractivity contribution in [2.75, 3.05) is 0 Å². The summed E-state index contributed by atoms with van der Waals surface area (Å²) < 4.78 is 59.7. The first-order chi connectivity index (χ1) is 16.2. The highest BCUT2D eigenvalue weighted by Gasteiger charge is 2.30. The zero-order valence-electron chi connectivity index (χ0n) is 17.8. The Morgan fingerprint density at radius 3 is 2.38 bits per heavy atom. The molecule has 0 aliphatic carbocycles. The number of carbonyl (C=O) groups excluding carboxylic acids is 1. The van der Waals surface area contributed by atoms with Gasteiger partial charge in [-0.25, -0.2) is 9.18 Å². The third kappa shape index (κ3) is 5.31. The van der Waals surface area contributed by atoms with Gasteiger partial charge in [0.2, 0.25) is 0 Å². The van der Waals surface area contributed by atoms with E-state index in [4.69, 9.17) is 4.74 Å². The first-order valence-electron chi connectivity index (χ1n) is 10.1. The number of esters is 1. The molecular formula is C25H18F4N2O2S. The molecule has 0 amide bonds. The molecule has 4 rings (SSSR count). The van der Waals surface area contributed by atoms with E-state index in [2.05, 4.69) is 5.10 Å². The Bertz CT molecular complexity index is 1300. The smallest absolute Gasteiger partial charge is 0.416 e. The fourth-order valence-corrected chi connectivity index (χ4v) is 4.30. The first-order valence-corrected chi connectivity index (χ1v) is 10.9. The molecule has 0 fully saturated rings. The number of halogens is 4. The Hall–Kier alpha value is -3.59. The van der Waals surface area contributed by atoms with Crippen molar-refractivity contribution < 1.29 is 27.1 Å². The molecule has 0 aliphatic rings. The summed E-state index contributed by atoms with van der Waals surface area (Å²) in [5.41, 5.74) is 1.28. The Labute approximate surface area is 197 Å². The number of alkyl halides is 3. The van der Waals surface area contributed by atoms with Crippen molar-refractivity contribution in [1.82, 2.24) is 9.78 Å². The van der Waals surface area contributed by atoms with Crippen molar-refractivity contribution in [2.24, 2.45) is 7.05 Å². The van der Waals surface area contributed by atoms with Crippen molar-refractivity contribution in [3.05, 3.63) is 101 Å². The molecule has 4 aromatic rings. The number of carbonyl (C=O) groups is 1. The van der Waals surface area contributed by atoms with Crippen LogP contribution in [0.1, 0.15) is 21.5 Å². The summed E-state index contributed by atoms with van der Waals surface area (Å²) in [4.78, 5) is 12.9. The number of aryl methyl sites for hydroxylation is 1. The summed E-state index contributed by atoms with van der Waals surface area (Å²) in [6.45, 7) is -0.171. The molecule has 0 saturated carbocycles. The minimum absolute atomic E-state index is 0.171. The molecule has 0 atom stereocenters. The van der Waals surface area contributed by atoms with E-state index in [0.717, 1.165) is 41.6 Å². The molecule has 3 aromatic carbocycles. The minimum atomic E-state index is -4.47. The highest BCUT2D eigenvalue weighted by Crippen LogP contribution is 2.38. The lowest BCUT2D eigenvalue weighted by atomic mass is 10.1. The Kier molecular flexibility index (Phi) is 6.74. The highest BCUT2D eigenvalue weighted by molar-refractivity contribution is 7.99. The van der Waals surface area contributed by atoms with Gasteiger partial charge in [-0.3, -0.25) is 4.68 Å². The van der Waals surface area contributed by atoms with Gasteiger partial charge in [-0.1, -0.05) is 48.2 Å². The van der Waals surface area contributed by atoms with Crippen molar-refractivity contribution in [2.45, 2.75) is 22.7 Å². The number of aromatic nitrogens is 2. The molecule has 0 bridgehead atoms. The lowest BCUT2D eigenvalue weighted by Crippen LogP contribution is -2.06. The Morgan fingerprint density at radius 2 is 1.71 bits per heavy atom. The second-order valence-corrected chi connectivity index (χ2v) is 8.39. The lowest BCUT2D eigenvalue weighted by Gasteiger charge is -2.11. The predicted molar refractivity (Wildman–Crippen MR) is 120 cm³/mol. The fourth-order valence-electron chi connectivity index (χ4n) is 3.29. The first kappa shape index (κ1) is 23.6. The van der Waals surface area contributed by atoms with Crippen LogP contribution < -0.4 is 0 Å². The number of hydrogen-bond donors (Lipinski definition) is 0. The van der Waals surface area contributed by atoms with Gasteiger partial charge in [-0.15, -0.1) is 0 Å². The lowest BCUT2D eigenvalue weighted by molar-refractivity contribution is -0.137. The second kappa shape index (κ2) is 9.72. The van der Waals surface area contributed by atoms with E-state index < -0.39 is 23.5 Å². The van der Waals surface area contributed by atoms with Crippen molar-refractivity contribution >= 4 is 17.7 Å². The van der Waals surface area contributed by atoms with Gasteiger partial charge in [-0.2, -0.15) is 18.3 Å². The van der Waals surface area contributed by atoms with Crippen molar-refractivity contribution in [1.29, 1.82) is 0 Å². The number of hydrogen-bond acceptors (Lipinski definition) is 4. The minimum Gasteiger partial charge on any atom is -0.457 e. The Morgan fingerprint density at radius 1 is 1.00 bits per heavy atom. The zero-order chi connectivity index (χ0) is 24.3. The van der Waals surface area contributed by atoms with Gasteiger partial charge in [0, 0.05) is 23.1 Å². The van der Waals surface area contributed by atoms with Gasteiger partial charge in [-0.05, 0) is 42.5 Å². The van der Waals surface area contributed by atoms with Crippen LogP contribution in [-0.4, -0.2) is 15.7 Å². The maximum atomic E-state index is 13.2. The summed E-state index contributed by atoms with van der Waals surface area (Å²) in [6.07, 6.45) is -4.47. The van der Waals surface area contributed by atoms with E-state index in [1.807, 2.05) is 30.3 Å². The maximum Gasteiger partial charge on any atom is 0.416 e. The van der Waals surface area contributed by atoms with Gasteiger partial charge in [0.15, 0.2) is 0 Å². The summed E-state index contributed by atoms with van der Waals surface area (Å²) in [5, 5.41) is 5.08. The fraction of sp³-hybridized carbons (Fsp3) is 0.120. The van der Waals surface area contributed by atoms with E-state index in [-0.39, 0.29) is 12.2 Å². The van der Waals surface area contributed by atoms with Crippen LogP contribution in [0.5, 0.6) is 0 Å². The number of ether oxygens (including phenoxy) is 1. The van der Waals surface area contributed by atoms with Gasteiger partial charge in [0.05, 0.1) is 11.1 Å². The second-order valence-electron chi connectivity index (χ2n) is 7.33. The quantitative estimate of drug-likeness (QED) is 0.223. The molecule has 0 unspecified atom stereocenters. The summed E-state index contributed by atoms with van der Waals surface area (Å²) in [6, 6.07) is 19.1. The summed E-state index contributed by atoms with van der Waals surface area (Å²) in [7, 11) is 1.67. The van der Waals surface area contributed by atoms with Gasteiger partial charge in [0.1, 0.15) is 23.1 Å². The largest absolute Gasteiger partial charge is 0.457 e. The third-order valence-electron chi connectivity index (χ3n) is 4.94. The van der Waals surface area contributed by atoms with Crippen LogP contribution in [0.4, 0.5) is 17.6 Å². The van der Waals surface area contributed by atoms with Crippen LogP contribution in [0.3, 0.4) is 0 Å². The molecule has 174 valence electrons.